The molecule has 2 aromatic carbocycles. The molecule has 1 aliphatic rings. The summed E-state index contributed by atoms with van der Waals surface area (Å²) in [5.74, 6) is -1.37. The summed E-state index contributed by atoms with van der Waals surface area (Å²) in [6.07, 6.45) is 0.533. The SMILES string of the molecule is O=C(CCCNC(=O)c1ccc(F)cc1F)Nc1ccc2c(c1)OCO2. The summed E-state index contributed by atoms with van der Waals surface area (Å²) in [5, 5.41) is 5.21. The fourth-order valence-electron chi connectivity index (χ4n) is 2.42. The number of carbonyl (C=O) groups excluding carboxylic acids is 2. The van der Waals surface area contributed by atoms with E-state index in [0.717, 1.165) is 12.1 Å². The third kappa shape index (κ3) is 4.27. The summed E-state index contributed by atoms with van der Waals surface area (Å²) < 4.78 is 36.7. The minimum Gasteiger partial charge on any atom is -0.454 e. The average Bonchev–Trinajstić information content (AvgIpc) is 3.06. The number of benzene rings is 2. The normalized spacial score (nSPS) is 11.9. The fraction of sp³-hybridized carbons (Fsp3) is 0.222. The van der Waals surface area contributed by atoms with E-state index < -0.39 is 17.5 Å². The van der Waals surface area contributed by atoms with Crippen LogP contribution in [0.2, 0.25) is 0 Å². The first-order valence-corrected chi connectivity index (χ1v) is 7.95. The Bertz CT molecular complexity index is 842. The maximum absolute atomic E-state index is 13.5. The third-order valence-electron chi connectivity index (χ3n) is 3.70. The van der Waals surface area contributed by atoms with E-state index in [1.165, 1.54) is 0 Å². The summed E-state index contributed by atoms with van der Waals surface area (Å²) in [5.41, 5.74) is 0.341. The zero-order valence-corrected chi connectivity index (χ0v) is 13.7. The molecule has 2 aromatic rings. The molecule has 0 saturated heterocycles. The van der Waals surface area contributed by atoms with Crippen molar-refractivity contribution in [3.05, 3.63) is 53.6 Å². The highest BCUT2D eigenvalue weighted by Gasteiger charge is 2.14. The topological polar surface area (TPSA) is 76.7 Å². The second-order valence-corrected chi connectivity index (χ2v) is 5.60. The lowest BCUT2D eigenvalue weighted by Crippen LogP contribution is -2.26. The predicted octanol–water partition coefficient (Wildman–Crippen LogP) is 2.84. The molecule has 2 N–H and O–H groups in total. The van der Waals surface area contributed by atoms with Crippen molar-refractivity contribution in [1.29, 1.82) is 0 Å². The van der Waals surface area contributed by atoms with E-state index >= 15 is 0 Å². The van der Waals surface area contributed by atoms with E-state index in [1.807, 2.05) is 0 Å². The van der Waals surface area contributed by atoms with E-state index in [4.69, 9.17) is 9.47 Å². The first-order valence-electron chi connectivity index (χ1n) is 7.95. The maximum atomic E-state index is 13.5. The van der Waals surface area contributed by atoms with Crippen LogP contribution >= 0.6 is 0 Å². The van der Waals surface area contributed by atoms with Crippen molar-refractivity contribution < 1.29 is 27.8 Å². The van der Waals surface area contributed by atoms with E-state index in [1.54, 1.807) is 18.2 Å². The highest BCUT2D eigenvalue weighted by molar-refractivity contribution is 5.94. The van der Waals surface area contributed by atoms with Crippen LogP contribution < -0.4 is 20.1 Å². The summed E-state index contributed by atoms with van der Waals surface area (Å²) in [7, 11) is 0. The van der Waals surface area contributed by atoms with E-state index in [0.29, 0.717) is 29.7 Å². The zero-order valence-electron chi connectivity index (χ0n) is 13.7. The van der Waals surface area contributed by atoms with Gasteiger partial charge in [0.25, 0.3) is 5.91 Å². The first-order chi connectivity index (χ1) is 12.5. The molecule has 0 aliphatic carbocycles. The second-order valence-electron chi connectivity index (χ2n) is 5.60. The third-order valence-corrected chi connectivity index (χ3v) is 3.70. The molecule has 3 rings (SSSR count). The number of ether oxygens (including phenoxy) is 2. The van der Waals surface area contributed by atoms with Gasteiger partial charge in [-0.2, -0.15) is 0 Å². The molecular weight excluding hydrogens is 346 g/mol. The monoisotopic (exact) mass is 362 g/mol. The van der Waals surface area contributed by atoms with Crippen LogP contribution in [0.3, 0.4) is 0 Å². The van der Waals surface area contributed by atoms with Gasteiger partial charge in [0.05, 0.1) is 5.56 Å². The lowest BCUT2D eigenvalue weighted by molar-refractivity contribution is -0.116. The predicted molar refractivity (Wildman–Crippen MR) is 89.1 cm³/mol. The van der Waals surface area contributed by atoms with Crippen molar-refractivity contribution in [3.63, 3.8) is 0 Å². The van der Waals surface area contributed by atoms with Gasteiger partial charge in [0.1, 0.15) is 11.6 Å². The van der Waals surface area contributed by atoms with Crippen molar-refractivity contribution in [2.75, 3.05) is 18.7 Å². The molecule has 2 amide bonds. The number of anilines is 1. The quantitative estimate of drug-likeness (QED) is 0.775. The standard InChI is InChI=1S/C18H16F2N2O4/c19-11-3-5-13(14(20)8-11)18(24)21-7-1-2-17(23)22-12-4-6-15-16(9-12)26-10-25-15/h3-6,8-9H,1-2,7,10H2,(H,21,24)(H,22,23). The lowest BCUT2D eigenvalue weighted by Gasteiger charge is -2.08. The molecule has 0 unspecified atom stereocenters. The van der Waals surface area contributed by atoms with Gasteiger partial charge >= 0.3 is 0 Å². The summed E-state index contributed by atoms with van der Waals surface area (Å²) >= 11 is 0. The molecule has 0 aromatic heterocycles. The van der Waals surface area contributed by atoms with Crippen LogP contribution in [0.5, 0.6) is 11.5 Å². The number of nitrogens with one attached hydrogen (secondary N) is 2. The zero-order chi connectivity index (χ0) is 18.5. The van der Waals surface area contributed by atoms with Gasteiger partial charge in [0.2, 0.25) is 12.7 Å². The average molecular weight is 362 g/mol. The molecule has 136 valence electrons. The lowest BCUT2D eigenvalue weighted by atomic mass is 10.2. The Balaban J connectivity index is 1.42. The molecular formula is C18H16F2N2O4. The number of carbonyl (C=O) groups is 2. The Morgan fingerprint density at radius 2 is 1.85 bits per heavy atom. The minimum atomic E-state index is -0.928. The largest absolute Gasteiger partial charge is 0.454 e. The Kier molecular flexibility index (Phi) is 5.31. The van der Waals surface area contributed by atoms with Crippen LogP contribution in [0.25, 0.3) is 0 Å². The molecule has 1 heterocycles. The Hall–Kier alpha value is -3.16. The number of rotatable bonds is 6. The van der Waals surface area contributed by atoms with Gasteiger partial charge in [-0.25, -0.2) is 8.78 Å². The van der Waals surface area contributed by atoms with Crippen LogP contribution in [0.15, 0.2) is 36.4 Å². The van der Waals surface area contributed by atoms with Crippen molar-refractivity contribution in [2.45, 2.75) is 12.8 Å². The number of amides is 2. The molecule has 6 nitrogen and oxygen atoms in total. The highest BCUT2D eigenvalue weighted by atomic mass is 19.1. The Labute approximate surface area is 148 Å². The molecule has 26 heavy (non-hydrogen) atoms. The van der Waals surface area contributed by atoms with Crippen molar-refractivity contribution in [2.24, 2.45) is 0 Å². The number of hydrogen-bond acceptors (Lipinski definition) is 4. The van der Waals surface area contributed by atoms with E-state index in [9.17, 15) is 18.4 Å². The number of fused-ring (bicyclic) bond motifs is 1. The molecule has 8 heteroatoms. The molecule has 0 fully saturated rings. The van der Waals surface area contributed by atoms with Gasteiger partial charge in [-0.15, -0.1) is 0 Å². The first kappa shape index (κ1) is 17.7. The van der Waals surface area contributed by atoms with E-state index in [2.05, 4.69) is 10.6 Å². The highest BCUT2D eigenvalue weighted by Crippen LogP contribution is 2.34. The molecule has 0 radical (unpaired) electrons. The summed E-state index contributed by atoms with van der Waals surface area (Å²) in [4.78, 5) is 23.7. The van der Waals surface area contributed by atoms with Crippen molar-refractivity contribution in [1.82, 2.24) is 5.32 Å². The minimum absolute atomic E-state index is 0.154. The Morgan fingerprint density at radius 1 is 1.04 bits per heavy atom. The van der Waals surface area contributed by atoms with Gasteiger partial charge in [0, 0.05) is 30.8 Å². The summed E-state index contributed by atoms with van der Waals surface area (Å²) in [6.45, 7) is 0.339. The smallest absolute Gasteiger partial charge is 0.254 e. The van der Waals surface area contributed by atoms with E-state index in [-0.39, 0.29) is 31.2 Å². The number of halogens is 2. The molecule has 1 aliphatic heterocycles. The molecule has 0 atom stereocenters. The summed E-state index contributed by atoms with van der Waals surface area (Å²) in [6, 6.07) is 7.80. The van der Waals surface area contributed by atoms with Crippen LogP contribution in [-0.2, 0) is 4.79 Å². The molecule has 0 spiro atoms. The maximum Gasteiger partial charge on any atom is 0.254 e. The van der Waals surface area contributed by atoms with Crippen molar-refractivity contribution >= 4 is 17.5 Å². The van der Waals surface area contributed by atoms with Gasteiger partial charge in [-0.1, -0.05) is 0 Å². The van der Waals surface area contributed by atoms with Crippen molar-refractivity contribution in [3.8, 4) is 11.5 Å². The van der Waals surface area contributed by atoms with Crippen LogP contribution in [-0.4, -0.2) is 25.2 Å². The van der Waals surface area contributed by atoms with Gasteiger partial charge < -0.3 is 20.1 Å². The van der Waals surface area contributed by atoms with Gasteiger partial charge in [0.15, 0.2) is 11.5 Å². The Morgan fingerprint density at radius 3 is 2.65 bits per heavy atom. The van der Waals surface area contributed by atoms with Crippen LogP contribution in [0, 0.1) is 11.6 Å². The number of hydrogen-bond donors (Lipinski definition) is 2. The van der Waals surface area contributed by atoms with Crippen LogP contribution in [0.4, 0.5) is 14.5 Å². The molecule has 0 saturated carbocycles. The van der Waals surface area contributed by atoms with Gasteiger partial charge in [-0.05, 0) is 30.7 Å². The molecule has 0 bridgehead atoms. The van der Waals surface area contributed by atoms with Gasteiger partial charge in [-0.3, -0.25) is 9.59 Å². The van der Waals surface area contributed by atoms with Crippen LogP contribution in [0.1, 0.15) is 23.2 Å². The fourth-order valence-corrected chi connectivity index (χ4v) is 2.42. The second kappa shape index (κ2) is 7.81.